The molecule has 1 aromatic rings. The summed E-state index contributed by atoms with van der Waals surface area (Å²) in [4.78, 5) is 16.4. The van der Waals surface area contributed by atoms with Crippen molar-refractivity contribution in [3.05, 3.63) is 29.6 Å². The van der Waals surface area contributed by atoms with Gasteiger partial charge in [0.25, 0.3) is 0 Å². The van der Waals surface area contributed by atoms with Gasteiger partial charge in [-0.25, -0.2) is 4.79 Å². The molecule has 150 valence electrons. The lowest BCUT2D eigenvalue weighted by Crippen LogP contribution is -2.45. The highest BCUT2D eigenvalue weighted by molar-refractivity contribution is 5.73. The number of allylic oxidation sites excluding steroid dienone is 1. The first-order chi connectivity index (χ1) is 13.0. The zero-order valence-corrected chi connectivity index (χ0v) is 16.8. The Bertz CT molecular complexity index is 631. The number of ether oxygens (including phenoxy) is 1. The number of hydrogen-bond donors (Lipinski definition) is 2. The summed E-state index contributed by atoms with van der Waals surface area (Å²) in [5.74, 6) is 0. The highest BCUT2D eigenvalue weighted by Crippen LogP contribution is 2.38. The molecule has 3 rings (SSSR count). The van der Waals surface area contributed by atoms with Crippen LogP contribution in [-0.2, 0) is 11.3 Å². The Kier molecular flexibility index (Phi) is 6.55. The molecule has 2 N–H and O–H groups in total. The molecule has 2 aliphatic rings. The molecule has 7 nitrogen and oxygen atoms in total. The van der Waals surface area contributed by atoms with Crippen LogP contribution in [0.15, 0.2) is 23.9 Å². The van der Waals surface area contributed by atoms with Crippen molar-refractivity contribution in [3.63, 3.8) is 0 Å². The Morgan fingerprint density at radius 3 is 2.89 bits per heavy atom. The number of piperidine rings is 1. The number of nitrogens with one attached hydrogen (secondary N) is 2. The molecule has 27 heavy (non-hydrogen) atoms. The quantitative estimate of drug-likeness (QED) is 0.750. The van der Waals surface area contributed by atoms with Gasteiger partial charge in [-0.1, -0.05) is 11.6 Å². The topological polar surface area (TPSA) is 73.5 Å². The second kappa shape index (κ2) is 8.89. The second-order valence-electron chi connectivity index (χ2n) is 8.17. The van der Waals surface area contributed by atoms with Crippen molar-refractivity contribution in [1.82, 2.24) is 25.3 Å². The maximum absolute atomic E-state index is 12.3. The average molecular weight is 376 g/mol. The van der Waals surface area contributed by atoms with E-state index < -0.39 is 0 Å². The fourth-order valence-corrected chi connectivity index (χ4v) is 3.90. The van der Waals surface area contributed by atoms with Crippen LogP contribution in [0.1, 0.15) is 45.2 Å². The molecule has 2 fully saturated rings. The Morgan fingerprint density at radius 2 is 2.22 bits per heavy atom. The van der Waals surface area contributed by atoms with Crippen LogP contribution in [0.5, 0.6) is 0 Å². The number of nitrogens with zero attached hydrogens (tertiary/aromatic N) is 3. The smallest absolute Gasteiger partial charge is 0.317 e. The predicted molar refractivity (Wildman–Crippen MR) is 105 cm³/mol. The number of urea groups is 1. The van der Waals surface area contributed by atoms with Gasteiger partial charge in [0.15, 0.2) is 0 Å². The van der Waals surface area contributed by atoms with E-state index in [1.165, 1.54) is 5.57 Å². The first kappa shape index (κ1) is 19.9. The molecule has 1 atom stereocenters. The third-order valence-corrected chi connectivity index (χ3v) is 5.66. The Balaban J connectivity index is 1.38. The summed E-state index contributed by atoms with van der Waals surface area (Å²) in [7, 11) is 1.79. The lowest BCUT2D eigenvalue weighted by Gasteiger charge is -2.39. The fourth-order valence-electron chi connectivity index (χ4n) is 3.90. The van der Waals surface area contributed by atoms with Crippen LogP contribution in [-0.4, -0.2) is 71.0 Å². The van der Waals surface area contributed by atoms with Crippen molar-refractivity contribution in [3.8, 4) is 0 Å². The molecule has 0 radical (unpaired) electrons. The van der Waals surface area contributed by atoms with Gasteiger partial charge in [0.1, 0.15) is 0 Å². The maximum atomic E-state index is 12.3. The molecule has 2 saturated heterocycles. The molecule has 0 saturated carbocycles. The number of carbonyl (C=O) groups is 1. The van der Waals surface area contributed by atoms with Crippen molar-refractivity contribution < 1.29 is 9.53 Å². The summed E-state index contributed by atoms with van der Waals surface area (Å²) in [6, 6.07) is 1.79. The summed E-state index contributed by atoms with van der Waals surface area (Å²) in [6.45, 7) is 8.62. The molecular formula is C20H33N5O2. The molecule has 7 heteroatoms. The zero-order valence-electron chi connectivity index (χ0n) is 16.8. The van der Waals surface area contributed by atoms with Crippen LogP contribution in [0.2, 0.25) is 0 Å². The van der Waals surface area contributed by atoms with Gasteiger partial charge in [-0.3, -0.25) is 10.00 Å². The number of hydrogen-bond acceptors (Lipinski definition) is 4. The van der Waals surface area contributed by atoms with Crippen LogP contribution in [0.4, 0.5) is 4.79 Å². The summed E-state index contributed by atoms with van der Waals surface area (Å²) in [5.41, 5.74) is 2.32. The van der Waals surface area contributed by atoms with Gasteiger partial charge in [0.05, 0.1) is 23.9 Å². The van der Waals surface area contributed by atoms with Crippen LogP contribution in [0.3, 0.4) is 0 Å². The van der Waals surface area contributed by atoms with Crippen molar-refractivity contribution in [2.75, 3.05) is 33.2 Å². The molecule has 1 spiro atoms. The average Bonchev–Trinajstić information content (AvgIpc) is 3.29. The lowest BCUT2D eigenvalue weighted by molar-refractivity contribution is -0.0740. The third kappa shape index (κ3) is 5.56. The van der Waals surface area contributed by atoms with Crippen LogP contribution < -0.4 is 5.32 Å². The highest BCUT2D eigenvalue weighted by Gasteiger charge is 2.42. The van der Waals surface area contributed by atoms with Gasteiger partial charge in [0, 0.05) is 39.4 Å². The van der Waals surface area contributed by atoms with Crippen LogP contribution in [0.25, 0.3) is 0 Å². The first-order valence-corrected chi connectivity index (χ1v) is 9.96. The summed E-state index contributed by atoms with van der Waals surface area (Å²) >= 11 is 0. The van der Waals surface area contributed by atoms with Gasteiger partial charge in [-0.2, -0.15) is 5.10 Å². The second-order valence-corrected chi connectivity index (χ2v) is 8.17. The zero-order chi connectivity index (χ0) is 19.3. The molecule has 3 heterocycles. The summed E-state index contributed by atoms with van der Waals surface area (Å²) in [5, 5.41) is 9.79. The van der Waals surface area contributed by atoms with Crippen LogP contribution >= 0.6 is 0 Å². The van der Waals surface area contributed by atoms with Gasteiger partial charge in [-0.15, -0.1) is 0 Å². The Morgan fingerprint density at radius 1 is 1.44 bits per heavy atom. The van der Waals surface area contributed by atoms with E-state index in [1.54, 1.807) is 18.1 Å². The van der Waals surface area contributed by atoms with Gasteiger partial charge in [-0.05, 0) is 45.6 Å². The van der Waals surface area contributed by atoms with E-state index in [1.807, 2.05) is 6.07 Å². The molecule has 0 unspecified atom stereocenters. The van der Waals surface area contributed by atoms with Gasteiger partial charge >= 0.3 is 6.03 Å². The molecule has 1 aromatic heterocycles. The number of aromatic amines is 1. The fraction of sp³-hybridized carbons (Fsp3) is 0.700. The summed E-state index contributed by atoms with van der Waals surface area (Å²) < 4.78 is 6.41. The van der Waals surface area contributed by atoms with Crippen molar-refractivity contribution in [2.24, 2.45) is 0 Å². The monoisotopic (exact) mass is 375 g/mol. The maximum Gasteiger partial charge on any atom is 0.317 e. The van der Waals surface area contributed by atoms with Gasteiger partial charge < -0.3 is 15.0 Å². The van der Waals surface area contributed by atoms with Crippen LogP contribution in [0, 0.1) is 0 Å². The number of carbonyl (C=O) groups excluding carboxylic acids is 1. The van der Waals surface area contributed by atoms with Crippen molar-refractivity contribution >= 4 is 6.03 Å². The standard InChI is InChI=1S/C20H33N5O2/c1-16(2)6-11-25-12-8-20(9-13-25)7-4-18(27-20)14-21-19(26)24(3)15-17-5-10-22-23-17/h5-6,10,18H,4,7-9,11-15H2,1-3H3,(H,21,26)(H,22,23)/t18-/m0/s1. The van der Waals surface area contributed by atoms with E-state index in [9.17, 15) is 4.79 Å². The minimum absolute atomic E-state index is 0.0265. The van der Waals surface area contributed by atoms with Crippen molar-refractivity contribution in [2.45, 2.75) is 57.8 Å². The van der Waals surface area contributed by atoms with E-state index in [0.717, 1.165) is 51.0 Å². The largest absolute Gasteiger partial charge is 0.370 e. The molecule has 2 amide bonds. The molecule has 2 aliphatic heterocycles. The normalized spacial score (nSPS) is 22.0. The minimum Gasteiger partial charge on any atom is -0.370 e. The molecular weight excluding hydrogens is 342 g/mol. The first-order valence-electron chi connectivity index (χ1n) is 9.96. The lowest BCUT2D eigenvalue weighted by atomic mass is 9.88. The Labute approximate surface area is 162 Å². The Hall–Kier alpha value is -1.86. The third-order valence-electron chi connectivity index (χ3n) is 5.66. The van der Waals surface area contributed by atoms with E-state index in [-0.39, 0.29) is 17.7 Å². The molecule has 0 aliphatic carbocycles. The SMILES string of the molecule is CC(C)=CCN1CCC2(CC[C@@H](CNC(=O)N(C)Cc3ccn[nH]3)O2)CC1. The number of amides is 2. The van der Waals surface area contributed by atoms with E-state index in [0.29, 0.717) is 13.1 Å². The van der Waals surface area contributed by atoms with Crippen molar-refractivity contribution in [1.29, 1.82) is 0 Å². The molecule has 0 aromatic carbocycles. The number of H-pyrrole nitrogens is 1. The molecule has 0 bridgehead atoms. The minimum atomic E-state index is -0.0781. The van der Waals surface area contributed by atoms with E-state index in [4.69, 9.17) is 4.74 Å². The predicted octanol–water partition coefficient (Wildman–Crippen LogP) is 2.53. The van der Waals surface area contributed by atoms with Gasteiger partial charge in [0.2, 0.25) is 0 Å². The summed E-state index contributed by atoms with van der Waals surface area (Å²) in [6.07, 6.45) is 8.43. The van der Waals surface area contributed by atoms with E-state index >= 15 is 0 Å². The highest BCUT2D eigenvalue weighted by atomic mass is 16.5. The number of rotatable bonds is 6. The van der Waals surface area contributed by atoms with E-state index in [2.05, 4.69) is 40.3 Å². The number of likely N-dealkylation sites (tertiary alicyclic amines) is 1. The number of aromatic nitrogens is 2.